The first kappa shape index (κ1) is 22.9. The van der Waals surface area contributed by atoms with E-state index in [1.165, 1.54) is 29.2 Å². The van der Waals surface area contributed by atoms with Gasteiger partial charge in [-0.15, -0.1) is 13.2 Å². The molecule has 0 N–H and O–H groups in total. The van der Waals surface area contributed by atoms with Crippen molar-refractivity contribution in [1.82, 2.24) is 0 Å². The van der Waals surface area contributed by atoms with Crippen LogP contribution in [0.15, 0.2) is 72.8 Å². The quantitative estimate of drug-likeness (QED) is 0.398. The molecular weight excluding hydrogens is 423 g/mol. The summed E-state index contributed by atoms with van der Waals surface area (Å²) in [6.07, 6.45) is -4.77. The molecule has 32 heavy (non-hydrogen) atoms. The Morgan fingerprint density at radius 2 is 1.56 bits per heavy atom. The zero-order valence-corrected chi connectivity index (χ0v) is 17.3. The van der Waals surface area contributed by atoms with E-state index in [1.807, 2.05) is 30.3 Å². The lowest BCUT2D eigenvalue weighted by Gasteiger charge is -2.25. The molecule has 3 aromatic rings. The van der Waals surface area contributed by atoms with E-state index in [0.29, 0.717) is 22.4 Å². The second-order valence-corrected chi connectivity index (χ2v) is 6.89. The van der Waals surface area contributed by atoms with E-state index in [4.69, 9.17) is 0 Å². The van der Waals surface area contributed by atoms with Crippen molar-refractivity contribution < 1.29 is 32.2 Å². The van der Waals surface area contributed by atoms with E-state index in [0.717, 1.165) is 12.7 Å². The van der Waals surface area contributed by atoms with Crippen LogP contribution in [0.2, 0.25) is 0 Å². The minimum absolute atomic E-state index is 0.136. The largest absolute Gasteiger partial charge is 0.573 e. The van der Waals surface area contributed by atoms with Gasteiger partial charge in [-0.1, -0.05) is 54.6 Å². The molecule has 0 saturated heterocycles. The average molecular weight is 443 g/mol. The first-order valence-corrected chi connectivity index (χ1v) is 9.59. The highest BCUT2D eigenvalue weighted by Gasteiger charge is 2.31. The number of anilines is 1. The van der Waals surface area contributed by atoms with Gasteiger partial charge in [0.15, 0.2) is 0 Å². The summed E-state index contributed by atoms with van der Waals surface area (Å²) in [5.41, 5.74) is 3.28. The Morgan fingerprint density at radius 3 is 2.16 bits per heavy atom. The average Bonchev–Trinajstić information content (AvgIpc) is 2.77. The lowest BCUT2D eigenvalue weighted by Crippen LogP contribution is -2.37. The van der Waals surface area contributed by atoms with Crippen molar-refractivity contribution in [1.29, 1.82) is 0 Å². The van der Waals surface area contributed by atoms with Crippen LogP contribution >= 0.6 is 0 Å². The monoisotopic (exact) mass is 443 g/mol. The summed E-state index contributed by atoms with van der Waals surface area (Å²) < 4.78 is 45.8. The summed E-state index contributed by atoms with van der Waals surface area (Å²) in [5, 5.41) is 0. The van der Waals surface area contributed by atoms with Crippen molar-refractivity contribution in [3.63, 3.8) is 0 Å². The summed E-state index contributed by atoms with van der Waals surface area (Å²) in [6, 6.07) is 19.8. The molecule has 0 aromatic heterocycles. The highest BCUT2D eigenvalue weighted by Crippen LogP contribution is 2.33. The van der Waals surface area contributed by atoms with Gasteiger partial charge in [0, 0.05) is 5.69 Å². The van der Waals surface area contributed by atoms with Crippen molar-refractivity contribution in [2.45, 2.75) is 19.8 Å². The number of halogens is 3. The molecule has 0 atom stereocenters. The Morgan fingerprint density at radius 1 is 0.906 bits per heavy atom. The molecule has 3 aromatic carbocycles. The third-order valence-corrected chi connectivity index (χ3v) is 4.78. The van der Waals surface area contributed by atoms with Crippen LogP contribution in [0.4, 0.5) is 18.9 Å². The first-order valence-electron chi connectivity index (χ1n) is 9.59. The van der Waals surface area contributed by atoms with Crippen LogP contribution < -0.4 is 9.64 Å². The highest BCUT2D eigenvalue weighted by molar-refractivity contribution is 6.38. The van der Waals surface area contributed by atoms with Crippen LogP contribution in [0.5, 0.6) is 5.75 Å². The summed E-state index contributed by atoms with van der Waals surface area (Å²) >= 11 is 0. The smallest absolute Gasteiger partial charge is 0.462 e. The molecule has 0 saturated carbocycles. The number of alkyl halides is 3. The topological polar surface area (TPSA) is 55.8 Å². The molecule has 0 aliphatic carbocycles. The number of amides is 1. The summed E-state index contributed by atoms with van der Waals surface area (Å²) in [4.78, 5) is 26.1. The number of rotatable bonds is 5. The Labute approximate surface area is 183 Å². The summed E-state index contributed by atoms with van der Waals surface area (Å²) in [5.74, 6) is -2.16. The van der Waals surface area contributed by atoms with E-state index in [-0.39, 0.29) is 12.3 Å². The van der Waals surface area contributed by atoms with Gasteiger partial charge in [-0.05, 0) is 47.4 Å². The molecular formula is C24H20F3NO4. The van der Waals surface area contributed by atoms with Crippen LogP contribution in [0.3, 0.4) is 0 Å². The fourth-order valence-electron chi connectivity index (χ4n) is 3.29. The van der Waals surface area contributed by atoms with Gasteiger partial charge in [0.05, 0.1) is 13.7 Å². The Bertz CT molecular complexity index is 1100. The van der Waals surface area contributed by atoms with Gasteiger partial charge in [-0.3, -0.25) is 9.69 Å². The molecule has 166 valence electrons. The van der Waals surface area contributed by atoms with Crippen LogP contribution in [-0.2, 0) is 20.9 Å². The fourth-order valence-corrected chi connectivity index (χ4v) is 3.29. The van der Waals surface area contributed by atoms with E-state index in [9.17, 15) is 22.8 Å². The normalized spacial score (nSPS) is 11.0. The minimum atomic E-state index is -4.77. The van der Waals surface area contributed by atoms with Gasteiger partial charge < -0.3 is 9.47 Å². The van der Waals surface area contributed by atoms with Gasteiger partial charge in [0.2, 0.25) is 0 Å². The number of ether oxygens (including phenoxy) is 2. The predicted octanol–water partition coefficient (Wildman–Crippen LogP) is 5.27. The van der Waals surface area contributed by atoms with Crippen molar-refractivity contribution >= 4 is 17.6 Å². The SMILES string of the molecule is COC(=O)C(=O)N(Cc1ccccc1)c1cccc(-c2ccc(OC(F)(F)F)cc2)c1C. The molecule has 0 aliphatic rings. The zero-order valence-electron chi connectivity index (χ0n) is 17.3. The molecule has 0 fully saturated rings. The number of benzene rings is 3. The van der Waals surface area contributed by atoms with E-state index >= 15 is 0 Å². The van der Waals surface area contributed by atoms with Gasteiger partial charge in [0.1, 0.15) is 5.75 Å². The van der Waals surface area contributed by atoms with Crippen molar-refractivity contribution in [3.8, 4) is 16.9 Å². The number of hydrogen-bond acceptors (Lipinski definition) is 4. The Hall–Kier alpha value is -3.81. The first-order chi connectivity index (χ1) is 15.2. The molecule has 0 heterocycles. The Kier molecular flexibility index (Phi) is 6.82. The molecule has 0 aliphatic heterocycles. The van der Waals surface area contributed by atoms with Gasteiger partial charge in [0.25, 0.3) is 0 Å². The maximum atomic E-state index is 12.8. The molecule has 8 heteroatoms. The number of methoxy groups -OCH3 is 1. The van der Waals surface area contributed by atoms with Crippen LogP contribution in [0.25, 0.3) is 11.1 Å². The lowest BCUT2D eigenvalue weighted by molar-refractivity contribution is -0.274. The predicted molar refractivity (Wildman–Crippen MR) is 113 cm³/mol. The number of hydrogen-bond donors (Lipinski definition) is 0. The third kappa shape index (κ3) is 5.46. The molecule has 0 spiro atoms. The van der Waals surface area contributed by atoms with Crippen molar-refractivity contribution in [3.05, 3.63) is 83.9 Å². The molecule has 3 rings (SSSR count). The van der Waals surface area contributed by atoms with E-state index < -0.39 is 18.2 Å². The summed E-state index contributed by atoms with van der Waals surface area (Å²) in [6.45, 7) is 1.91. The number of nitrogens with zero attached hydrogens (tertiary/aromatic N) is 1. The van der Waals surface area contributed by atoms with Crippen molar-refractivity contribution in [2.24, 2.45) is 0 Å². The van der Waals surface area contributed by atoms with Crippen LogP contribution in [-0.4, -0.2) is 25.3 Å². The number of carbonyl (C=O) groups is 2. The second kappa shape index (κ2) is 9.55. The molecule has 0 radical (unpaired) electrons. The maximum Gasteiger partial charge on any atom is 0.573 e. The highest BCUT2D eigenvalue weighted by atomic mass is 19.4. The molecule has 1 amide bonds. The Balaban J connectivity index is 1.99. The molecule has 0 unspecified atom stereocenters. The minimum Gasteiger partial charge on any atom is -0.462 e. The lowest BCUT2D eigenvalue weighted by atomic mass is 9.98. The van der Waals surface area contributed by atoms with E-state index in [2.05, 4.69) is 9.47 Å². The molecule has 5 nitrogen and oxygen atoms in total. The van der Waals surface area contributed by atoms with Gasteiger partial charge >= 0.3 is 18.2 Å². The van der Waals surface area contributed by atoms with Crippen molar-refractivity contribution in [2.75, 3.05) is 12.0 Å². The maximum absolute atomic E-state index is 12.8. The summed E-state index contributed by atoms with van der Waals surface area (Å²) in [7, 11) is 1.13. The third-order valence-electron chi connectivity index (χ3n) is 4.78. The second-order valence-electron chi connectivity index (χ2n) is 6.89. The van der Waals surface area contributed by atoms with Crippen LogP contribution in [0.1, 0.15) is 11.1 Å². The van der Waals surface area contributed by atoms with E-state index in [1.54, 1.807) is 25.1 Å². The van der Waals surface area contributed by atoms with Gasteiger partial charge in [-0.25, -0.2) is 4.79 Å². The number of esters is 1. The number of carbonyl (C=O) groups excluding carboxylic acids is 2. The fraction of sp³-hybridized carbons (Fsp3) is 0.167. The molecule has 0 bridgehead atoms. The standard InChI is InChI=1S/C24H20F3NO4/c1-16-20(18-11-13-19(14-12-18)32-24(25,26)27)9-6-10-21(16)28(22(29)23(30)31-2)15-17-7-4-3-5-8-17/h3-14H,15H2,1-2H3. The zero-order chi connectivity index (χ0) is 23.3. The van der Waals surface area contributed by atoms with Gasteiger partial charge in [-0.2, -0.15) is 0 Å². The van der Waals surface area contributed by atoms with Crippen LogP contribution in [0, 0.1) is 6.92 Å².